The molecule has 1 saturated carbocycles. The molecule has 1 aliphatic rings. The average Bonchev–Trinajstić information content (AvgIpc) is 2.79. The van der Waals surface area contributed by atoms with E-state index in [1.807, 2.05) is 6.20 Å². The van der Waals surface area contributed by atoms with E-state index in [9.17, 15) is 0 Å². The first-order valence-corrected chi connectivity index (χ1v) is 7.29. The van der Waals surface area contributed by atoms with E-state index in [1.54, 1.807) is 0 Å². The van der Waals surface area contributed by atoms with Crippen molar-refractivity contribution in [2.24, 2.45) is 0 Å². The molecule has 0 radical (unpaired) electrons. The molecule has 0 saturated heterocycles. The van der Waals surface area contributed by atoms with Crippen molar-refractivity contribution in [3.05, 3.63) is 17.7 Å². The van der Waals surface area contributed by atoms with Crippen molar-refractivity contribution in [1.82, 2.24) is 15.3 Å². The Morgan fingerprint density at radius 2 is 1.94 bits per heavy atom. The number of aromatic nitrogens is 2. The molecule has 2 rings (SSSR count). The van der Waals surface area contributed by atoms with Crippen LogP contribution in [0.1, 0.15) is 70.8 Å². The van der Waals surface area contributed by atoms with Crippen LogP contribution in [-0.4, -0.2) is 22.6 Å². The first-order valence-electron chi connectivity index (χ1n) is 7.29. The smallest absolute Gasteiger partial charge is 0.109 e. The zero-order valence-corrected chi connectivity index (χ0v) is 12.2. The van der Waals surface area contributed by atoms with Crippen LogP contribution < -0.4 is 5.32 Å². The zero-order valence-electron chi connectivity index (χ0n) is 12.2. The number of H-pyrrole nitrogens is 1. The summed E-state index contributed by atoms with van der Waals surface area (Å²) >= 11 is 0. The Bertz CT molecular complexity index is 367. The van der Waals surface area contributed by atoms with Crippen LogP contribution in [0, 0.1) is 0 Å². The van der Waals surface area contributed by atoms with Gasteiger partial charge < -0.3 is 10.3 Å². The fourth-order valence-electron chi connectivity index (χ4n) is 2.78. The highest BCUT2D eigenvalue weighted by Crippen LogP contribution is 2.32. The van der Waals surface area contributed by atoms with Crippen molar-refractivity contribution >= 4 is 0 Å². The van der Waals surface area contributed by atoms with E-state index >= 15 is 0 Å². The lowest BCUT2D eigenvalue weighted by Gasteiger charge is -2.28. The molecule has 0 unspecified atom stereocenters. The minimum absolute atomic E-state index is 0.173. The molecule has 3 nitrogen and oxygen atoms in total. The molecule has 0 amide bonds. The Labute approximate surface area is 111 Å². The van der Waals surface area contributed by atoms with Gasteiger partial charge in [-0.15, -0.1) is 0 Å². The van der Waals surface area contributed by atoms with Gasteiger partial charge in [-0.05, 0) is 32.2 Å². The van der Waals surface area contributed by atoms with Crippen LogP contribution in [-0.2, 0) is 5.41 Å². The number of imidazole rings is 1. The van der Waals surface area contributed by atoms with Gasteiger partial charge in [0.2, 0.25) is 0 Å². The van der Waals surface area contributed by atoms with Crippen LogP contribution in [0.25, 0.3) is 0 Å². The summed E-state index contributed by atoms with van der Waals surface area (Å²) in [6, 6.07) is 0.725. The third-order valence-corrected chi connectivity index (χ3v) is 4.01. The van der Waals surface area contributed by atoms with E-state index in [2.05, 4.69) is 43.0 Å². The molecule has 0 aliphatic heterocycles. The molecule has 0 spiro atoms. The van der Waals surface area contributed by atoms with Gasteiger partial charge in [0.1, 0.15) is 5.82 Å². The number of hydrogen-bond acceptors (Lipinski definition) is 2. The lowest BCUT2D eigenvalue weighted by molar-refractivity contribution is 0.341. The van der Waals surface area contributed by atoms with Gasteiger partial charge in [-0.1, -0.05) is 27.7 Å². The predicted molar refractivity (Wildman–Crippen MR) is 76.0 cm³/mol. The number of nitrogens with zero attached hydrogens (tertiary/aromatic N) is 1. The molecule has 18 heavy (non-hydrogen) atoms. The summed E-state index contributed by atoms with van der Waals surface area (Å²) in [5.41, 5.74) is 1.43. The van der Waals surface area contributed by atoms with Crippen molar-refractivity contribution < 1.29 is 0 Å². The highest BCUT2D eigenvalue weighted by atomic mass is 14.9. The second-order valence-electron chi connectivity index (χ2n) is 6.54. The van der Waals surface area contributed by atoms with Crippen molar-refractivity contribution in [2.45, 2.75) is 70.8 Å². The molecule has 1 heterocycles. The molecule has 0 bridgehead atoms. The van der Waals surface area contributed by atoms with E-state index < -0.39 is 0 Å². The minimum atomic E-state index is 0.173. The number of rotatable bonds is 3. The second-order valence-corrected chi connectivity index (χ2v) is 6.54. The monoisotopic (exact) mass is 249 g/mol. The molecule has 1 aromatic heterocycles. The Hall–Kier alpha value is -0.830. The van der Waals surface area contributed by atoms with E-state index in [-0.39, 0.29) is 5.41 Å². The molecule has 0 atom stereocenters. The molecule has 2 N–H and O–H groups in total. The van der Waals surface area contributed by atoms with E-state index in [1.165, 1.54) is 37.2 Å². The van der Waals surface area contributed by atoms with Crippen molar-refractivity contribution in [3.8, 4) is 0 Å². The summed E-state index contributed by atoms with van der Waals surface area (Å²) in [6.45, 7) is 9.96. The van der Waals surface area contributed by atoms with Crippen LogP contribution in [0.5, 0.6) is 0 Å². The Balaban J connectivity index is 1.95. The van der Waals surface area contributed by atoms with Gasteiger partial charge in [0.05, 0.1) is 0 Å². The molecular weight excluding hydrogens is 222 g/mol. The summed E-state index contributed by atoms with van der Waals surface area (Å²) in [7, 11) is 0. The Morgan fingerprint density at radius 3 is 2.44 bits per heavy atom. The first-order chi connectivity index (χ1) is 8.50. The zero-order chi connectivity index (χ0) is 13.2. The van der Waals surface area contributed by atoms with Crippen LogP contribution in [0.4, 0.5) is 0 Å². The lowest BCUT2D eigenvalue weighted by Crippen LogP contribution is -2.32. The molecule has 3 heteroatoms. The number of aromatic amines is 1. The van der Waals surface area contributed by atoms with Gasteiger partial charge in [0.15, 0.2) is 0 Å². The molecule has 1 aliphatic carbocycles. The van der Waals surface area contributed by atoms with Crippen molar-refractivity contribution in [2.75, 3.05) is 6.54 Å². The topological polar surface area (TPSA) is 40.7 Å². The van der Waals surface area contributed by atoms with Crippen LogP contribution in [0.3, 0.4) is 0 Å². The standard InChI is InChI=1S/C15H27N3/c1-5-16-12-8-6-11(7-9-12)14-17-10-13(18-14)15(2,3)4/h10-12,16H,5-9H2,1-4H3,(H,17,18). The van der Waals surface area contributed by atoms with Gasteiger partial charge in [-0.25, -0.2) is 4.98 Å². The maximum atomic E-state index is 4.60. The van der Waals surface area contributed by atoms with Gasteiger partial charge in [0.25, 0.3) is 0 Å². The third-order valence-electron chi connectivity index (χ3n) is 4.01. The average molecular weight is 249 g/mol. The molecule has 102 valence electrons. The van der Waals surface area contributed by atoms with E-state index in [4.69, 9.17) is 0 Å². The highest BCUT2D eigenvalue weighted by molar-refractivity contribution is 5.14. The minimum Gasteiger partial charge on any atom is -0.345 e. The molecule has 1 fully saturated rings. The summed E-state index contributed by atoms with van der Waals surface area (Å²) in [6.07, 6.45) is 7.10. The normalized spacial score (nSPS) is 25.3. The molecular formula is C15H27N3. The van der Waals surface area contributed by atoms with Crippen molar-refractivity contribution in [3.63, 3.8) is 0 Å². The summed E-state index contributed by atoms with van der Waals surface area (Å²) in [5.74, 6) is 1.84. The molecule has 0 aromatic carbocycles. The van der Waals surface area contributed by atoms with Gasteiger partial charge in [-0.2, -0.15) is 0 Å². The largest absolute Gasteiger partial charge is 0.345 e. The van der Waals surface area contributed by atoms with Gasteiger partial charge in [0, 0.05) is 29.3 Å². The van der Waals surface area contributed by atoms with Crippen molar-refractivity contribution in [1.29, 1.82) is 0 Å². The quantitative estimate of drug-likeness (QED) is 0.862. The van der Waals surface area contributed by atoms with Gasteiger partial charge in [-0.3, -0.25) is 0 Å². The predicted octanol–water partition coefficient (Wildman–Crippen LogP) is 3.34. The summed E-state index contributed by atoms with van der Waals surface area (Å²) in [4.78, 5) is 8.14. The van der Waals surface area contributed by atoms with Crippen LogP contribution in [0.2, 0.25) is 0 Å². The van der Waals surface area contributed by atoms with E-state index in [0.717, 1.165) is 12.6 Å². The fourth-order valence-corrected chi connectivity index (χ4v) is 2.78. The van der Waals surface area contributed by atoms with Gasteiger partial charge >= 0.3 is 0 Å². The fraction of sp³-hybridized carbons (Fsp3) is 0.800. The second kappa shape index (κ2) is 5.43. The Kier molecular flexibility index (Phi) is 4.10. The Morgan fingerprint density at radius 1 is 1.28 bits per heavy atom. The summed E-state index contributed by atoms with van der Waals surface area (Å²) < 4.78 is 0. The van der Waals surface area contributed by atoms with E-state index in [0.29, 0.717) is 5.92 Å². The number of hydrogen-bond donors (Lipinski definition) is 2. The maximum Gasteiger partial charge on any atom is 0.109 e. The van der Waals surface area contributed by atoms with Crippen LogP contribution in [0.15, 0.2) is 6.20 Å². The number of nitrogens with one attached hydrogen (secondary N) is 2. The third kappa shape index (κ3) is 3.14. The lowest BCUT2D eigenvalue weighted by atomic mass is 9.85. The molecule has 1 aromatic rings. The maximum absolute atomic E-state index is 4.60. The summed E-state index contributed by atoms with van der Waals surface area (Å²) in [5, 5.41) is 3.56. The first kappa shape index (κ1) is 13.6. The SMILES string of the molecule is CCNC1CCC(c2ncc(C(C)(C)C)[nH]2)CC1. The van der Waals surface area contributed by atoms with Crippen LogP contribution >= 0.6 is 0 Å². The highest BCUT2D eigenvalue weighted by Gasteiger charge is 2.25.